The zero-order chi connectivity index (χ0) is 14.7. The third kappa shape index (κ3) is 2.96. The maximum Gasteiger partial charge on any atom is 0.340 e. The standard InChI is InChI=1S/C14H17FN2O3/c1-8-10(5-6-16-8)13(18)17-9-3-4-12(15)11(7-9)14(19)20-2/h3-4,7-8,10,16H,5-6H2,1-2H3,(H,17,18). The van der Waals surface area contributed by atoms with Gasteiger partial charge in [0.2, 0.25) is 5.91 Å². The van der Waals surface area contributed by atoms with Gasteiger partial charge in [-0.25, -0.2) is 9.18 Å². The van der Waals surface area contributed by atoms with Crippen molar-refractivity contribution in [2.45, 2.75) is 19.4 Å². The lowest BCUT2D eigenvalue weighted by molar-refractivity contribution is -0.120. The molecule has 1 fully saturated rings. The first-order chi connectivity index (χ1) is 9.52. The highest BCUT2D eigenvalue weighted by atomic mass is 19.1. The Bertz CT molecular complexity index is 533. The van der Waals surface area contributed by atoms with Crippen molar-refractivity contribution in [3.8, 4) is 0 Å². The Kier molecular flexibility index (Phi) is 4.34. The average molecular weight is 280 g/mol. The van der Waals surface area contributed by atoms with E-state index in [1.54, 1.807) is 0 Å². The molecule has 1 heterocycles. The van der Waals surface area contributed by atoms with E-state index >= 15 is 0 Å². The van der Waals surface area contributed by atoms with Crippen LogP contribution >= 0.6 is 0 Å². The number of hydrogen-bond acceptors (Lipinski definition) is 4. The van der Waals surface area contributed by atoms with Gasteiger partial charge in [-0.3, -0.25) is 4.79 Å². The number of halogens is 1. The zero-order valence-corrected chi connectivity index (χ0v) is 11.4. The second-order valence-corrected chi connectivity index (χ2v) is 4.81. The number of carbonyl (C=O) groups excluding carboxylic acids is 2. The molecule has 1 aromatic rings. The highest BCUT2D eigenvalue weighted by Gasteiger charge is 2.29. The summed E-state index contributed by atoms with van der Waals surface area (Å²) in [5.74, 6) is -1.70. The predicted octanol–water partition coefficient (Wildman–Crippen LogP) is 1.55. The van der Waals surface area contributed by atoms with Crippen LogP contribution in [0.5, 0.6) is 0 Å². The molecule has 0 saturated carbocycles. The number of hydrogen-bond donors (Lipinski definition) is 2. The van der Waals surface area contributed by atoms with E-state index in [-0.39, 0.29) is 23.4 Å². The van der Waals surface area contributed by atoms with E-state index < -0.39 is 11.8 Å². The molecule has 1 saturated heterocycles. The molecule has 0 bridgehead atoms. The van der Waals surface area contributed by atoms with Crippen molar-refractivity contribution >= 4 is 17.6 Å². The van der Waals surface area contributed by atoms with Gasteiger partial charge < -0.3 is 15.4 Å². The molecule has 1 aliphatic heterocycles. The molecule has 6 heteroatoms. The molecule has 2 N–H and O–H groups in total. The van der Waals surface area contributed by atoms with Gasteiger partial charge in [0.25, 0.3) is 0 Å². The monoisotopic (exact) mass is 280 g/mol. The molecule has 0 spiro atoms. The third-order valence-electron chi connectivity index (χ3n) is 3.50. The van der Waals surface area contributed by atoms with Gasteiger partial charge in [0, 0.05) is 11.7 Å². The Labute approximate surface area is 116 Å². The number of amides is 1. The predicted molar refractivity (Wildman–Crippen MR) is 71.9 cm³/mol. The van der Waals surface area contributed by atoms with Gasteiger partial charge >= 0.3 is 5.97 Å². The van der Waals surface area contributed by atoms with Crippen LogP contribution < -0.4 is 10.6 Å². The molecule has 0 aromatic heterocycles. The number of carbonyl (C=O) groups is 2. The molecule has 108 valence electrons. The van der Waals surface area contributed by atoms with Crippen molar-refractivity contribution in [2.75, 3.05) is 19.0 Å². The van der Waals surface area contributed by atoms with E-state index in [9.17, 15) is 14.0 Å². The van der Waals surface area contributed by atoms with Crippen molar-refractivity contribution < 1.29 is 18.7 Å². The first kappa shape index (κ1) is 14.5. The van der Waals surface area contributed by atoms with Crippen LogP contribution in [0.15, 0.2) is 18.2 Å². The Hall–Kier alpha value is -1.95. The second-order valence-electron chi connectivity index (χ2n) is 4.81. The Balaban J connectivity index is 2.13. The van der Waals surface area contributed by atoms with Crippen molar-refractivity contribution in [2.24, 2.45) is 5.92 Å². The molecule has 0 aliphatic carbocycles. The van der Waals surface area contributed by atoms with Crippen LogP contribution in [-0.4, -0.2) is 31.6 Å². The van der Waals surface area contributed by atoms with Gasteiger partial charge in [-0.2, -0.15) is 0 Å². The molecule has 2 unspecified atom stereocenters. The van der Waals surface area contributed by atoms with E-state index in [2.05, 4.69) is 15.4 Å². The Morgan fingerprint density at radius 2 is 2.20 bits per heavy atom. The van der Waals surface area contributed by atoms with Gasteiger partial charge in [-0.1, -0.05) is 0 Å². The third-order valence-corrected chi connectivity index (χ3v) is 3.50. The Morgan fingerprint density at radius 1 is 1.45 bits per heavy atom. The summed E-state index contributed by atoms with van der Waals surface area (Å²) in [5, 5.41) is 5.90. The van der Waals surface area contributed by atoms with Gasteiger partial charge in [-0.05, 0) is 38.1 Å². The largest absolute Gasteiger partial charge is 0.465 e. The van der Waals surface area contributed by atoms with E-state index in [1.165, 1.54) is 19.2 Å². The molecular formula is C14H17FN2O3. The minimum Gasteiger partial charge on any atom is -0.465 e. The van der Waals surface area contributed by atoms with Gasteiger partial charge in [-0.15, -0.1) is 0 Å². The number of nitrogens with one attached hydrogen (secondary N) is 2. The van der Waals surface area contributed by atoms with Crippen LogP contribution in [0.4, 0.5) is 10.1 Å². The van der Waals surface area contributed by atoms with Crippen molar-refractivity contribution in [1.82, 2.24) is 5.32 Å². The topological polar surface area (TPSA) is 67.4 Å². The normalized spacial score (nSPS) is 21.6. The summed E-state index contributed by atoms with van der Waals surface area (Å²) in [6.07, 6.45) is 0.762. The molecular weight excluding hydrogens is 263 g/mol. The highest BCUT2D eigenvalue weighted by molar-refractivity contribution is 5.96. The van der Waals surface area contributed by atoms with Crippen molar-refractivity contribution in [3.05, 3.63) is 29.6 Å². The van der Waals surface area contributed by atoms with Gasteiger partial charge in [0.1, 0.15) is 5.82 Å². The Morgan fingerprint density at radius 3 is 2.80 bits per heavy atom. The lowest BCUT2D eigenvalue weighted by atomic mass is 10.0. The van der Waals surface area contributed by atoms with E-state index in [0.29, 0.717) is 5.69 Å². The maximum absolute atomic E-state index is 13.5. The van der Waals surface area contributed by atoms with Crippen LogP contribution in [-0.2, 0) is 9.53 Å². The minimum absolute atomic E-state index is 0.107. The smallest absolute Gasteiger partial charge is 0.340 e. The van der Waals surface area contributed by atoms with E-state index in [4.69, 9.17) is 0 Å². The van der Waals surface area contributed by atoms with Crippen LogP contribution in [0.25, 0.3) is 0 Å². The number of rotatable bonds is 3. The molecule has 1 aromatic carbocycles. The van der Waals surface area contributed by atoms with Gasteiger partial charge in [0.05, 0.1) is 18.6 Å². The average Bonchev–Trinajstić information content (AvgIpc) is 2.86. The van der Waals surface area contributed by atoms with E-state index in [0.717, 1.165) is 19.0 Å². The lowest BCUT2D eigenvalue weighted by Gasteiger charge is -2.15. The fourth-order valence-corrected chi connectivity index (χ4v) is 2.32. The highest BCUT2D eigenvalue weighted by Crippen LogP contribution is 2.20. The first-order valence-corrected chi connectivity index (χ1v) is 6.45. The lowest BCUT2D eigenvalue weighted by Crippen LogP contribution is -2.32. The van der Waals surface area contributed by atoms with Crippen LogP contribution in [0.3, 0.4) is 0 Å². The number of benzene rings is 1. The molecule has 1 aliphatic rings. The van der Waals surface area contributed by atoms with Crippen LogP contribution in [0.1, 0.15) is 23.7 Å². The summed E-state index contributed by atoms with van der Waals surface area (Å²) in [7, 11) is 1.18. The number of esters is 1. The summed E-state index contributed by atoms with van der Waals surface area (Å²) in [6.45, 7) is 2.75. The summed E-state index contributed by atoms with van der Waals surface area (Å²) >= 11 is 0. The quantitative estimate of drug-likeness (QED) is 0.824. The van der Waals surface area contributed by atoms with Crippen LogP contribution in [0, 0.1) is 11.7 Å². The minimum atomic E-state index is -0.769. The maximum atomic E-state index is 13.5. The number of methoxy groups -OCH3 is 1. The SMILES string of the molecule is COC(=O)c1cc(NC(=O)C2CCNC2C)ccc1F. The molecule has 1 amide bonds. The second kappa shape index (κ2) is 6.00. The van der Waals surface area contributed by atoms with Crippen LogP contribution in [0.2, 0.25) is 0 Å². The fraction of sp³-hybridized carbons (Fsp3) is 0.429. The van der Waals surface area contributed by atoms with Crippen molar-refractivity contribution in [3.63, 3.8) is 0 Å². The fourth-order valence-electron chi connectivity index (χ4n) is 2.32. The molecule has 5 nitrogen and oxygen atoms in total. The first-order valence-electron chi connectivity index (χ1n) is 6.45. The molecule has 20 heavy (non-hydrogen) atoms. The molecule has 2 rings (SSSR count). The summed E-state index contributed by atoms with van der Waals surface area (Å²) in [4.78, 5) is 23.5. The summed E-state index contributed by atoms with van der Waals surface area (Å²) < 4.78 is 18.0. The zero-order valence-electron chi connectivity index (χ0n) is 11.4. The number of ether oxygens (including phenoxy) is 1. The summed E-state index contributed by atoms with van der Waals surface area (Å²) in [6, 6.07) is 3.95. The molecule has 2 atom stereocenters. The molecule has 0 radical (unpaired) electrons. The number of anilines is 1. The summed E-state index contributed by atoms with van der Waals surface area (Å²) in [5.41, 5.74) is 0.193. The van der Waals surface area contributed by atoms with Gasteiger partial charge in [0.15, 0.2) is 0 Å². The van der Waals surface area contributed by atoms with Crippen molar-refractivity contribution in [1.29, 1.82) is 0 Å². The van der Waals surface area contributed by atoms with E-state index in [1.807, 2.05) is 6.92 Å².